The Hall–Kier alpha value is -1.57. The van der Waals surface area contributed by atoms with Gasteiger partial charge < -0.3 is 10.8 Å². The molecule has 1 aromatic carbocycles. The summed E-state index contributed by atoms with van der Waals surface area (Å²) >= 11 is 5.44. The van der Waals surface area contributed by atoms with Crippen LogP contribution in [0.15, 0.2) is 34.7 Å². The van der Waals surface area contributed by atoms with Crippen molar-refractivity contribution in [2.45, 2.75) is 4.90 Å². The Morgan fingerprint density at radius 2 is 2.11 bits per heavy atom. The smallest absolute Gasteiger partial charge is 0.337 e. The molecular weight excluding hydrogens is 280 g/mol. The first kappa shape index (κ1) is 14.5. The lowest BCUT2D eigenvalue weighted by Crippen LogP contribution is -2.26. The third-order valence-corrected chi connectivity index (χ3v) is 3.57. The van der Waals surface area contributed by atoms with Gasteiger partial charge in [-0.2, -0.15) is 0 Å². The van der Waals surface area contributed by atoms with Crippen LogP contribution in [0.5, 0.6) is 0 Å². The second kappa shape index (κ2) is 5.38. The van der Waals surface area contributed by atoms with Gasteiger partial charge in [-0.25, -0.2) is 17.9 Å². The zero-order valence-electron chi connectivity index (χ0n) is 9.18. The van der Waals surface area contributed by atoms with Gasteiger partial charge in [0.15, 0.2) is 0 Å². The quantitative estimate of drug-likeness (QED) is 0.701. The van der Waals surface area contributed by atoms with Crippen LogP contribution in [0.1, 0.15) is 10.4 Å². The highest BCUT2D eigenvalue weighted by atomic mass is 35.5. The van der Waals surface area contributed by atoms with Gasteiger partial charge in [0.25, 0.3) is 0 Å². The van der Waals surface area contributed by atoms with Crippen LogP contribution in [0.25, 0.3) is 0 Å². The SMILES string of the molecule is C=C(Cl)CNS(=O)(=O)c1ccc(N)cc1C(=O)O. The molecule has 0 atom stereocenters. The van der Waals surface area contributed by atoms with Gasteiger partial charge in [0.05, 0.1) is 10.5 Å². The van der Waals surface area contributed by atoms with Crippen molar-refractivity contribution in [3.8, 4) is 0 Å². The predicted molar refractivity (Wildman–Crippen MR) is 68.0 cm³/mol. The van der Waals surface area contributed by atoms with Crippen LogP contribution in [-0.2, 0) is 10.0 Å². The average molecular weight is 291 g/mol. The van der Waals surface area contributed by atoms with Crippen LogP contribution in [0, 0.1) is 0 Å². The summed E-state index contributed by atoms with van der Waals surface area (Å²) in [6, 6.07) is 3.50. The maximum atomic E-state index is 11.9. The van der Waals surface area contributed by atoms with E-state index in [1.165, 1.54) is 6.07 Å². The largest absolute Gasteiger partial charge is 0.478 e. The van der Waals surface area contributed by atoms with E-state index in [-0.39, 0.29) is 22.2 Å². The number of nitrogens with one attached hydrogen (secondary N) is 1. The molecule has 0 aliphatic heterocycles. The van der Waals surface area contributed by atoms with Crippen molar-refractivity contribution >= 4 is 33.3 Å². The number of hydrogen-bond donors (Lipinski definition) is 3. The van der Waals surface area contributed by atoms with Crippen molar-refractivity contribution in [3.63, 3.8) is 0 Å². The van der Waals surface area contributed by atoms with Crippen molar-refractivity contribution in [3.05, 3.63) is 35.4 Å². The molecule has 0 aromatic heterocycles. The molecule has 0 spiro atoms. The number of nitrogens with two attached hydrogens (primary N) is 1. The fourth-order valence-corrected chi connectivity index (χ4v) is 2.55. The Bertz CT molecular complexity index is 598. The summed E-state index contributed by atoms with van der Waals surface area (Å²) in [6.07, 6.45) is 0. The molecule has 0 radical (unpaired) electrons. The average Bonchev–Trinajstić information content (AvgIpc) is 2.26. The molecule has 0 aliphatic rings. The number of carboxylic acids is 1. The Morgan fingerprint density at radius 3 is 2.61 bits per heavy atom. The number of sulfonamides is 1. The summed E-state index contributed by atoms with van der Waals surface area (Å²) in [5.74, 6) is -1.38. The molecule has 6 nitrogen and oxygen atoms in total. The van der Waals surface area contributed by atoms with E-state index in [1.54, 1.807) is 0 Å². The molecule has 1 rings (SSSR count). The molecule has 98 valence electrons. The maximum Gasteiger partial charge on any atom is 0.337 e. The van der Waals surface area contributed by atoms with E-state index in [9.17, 15) is 13.2 Å². The number of anilines is 1. The molecule has 8 heteroatoms. The molecule has 0 bridgehead atoms. The van der Waals surface area contributed by atoms with E-state index in [0.29, 0.717) is 0 Å². The number of carbonyl (C=O) groups is 1. The van der Waals surface area contributed by atoms with E-state index in [4.69, 9.17) is 22.4 Å². The molecule has 0 unspecified atom stereocenters. The van der Waals surface area contributed by atoms with Gasteiger partial charge in [-0.05, 0) is 18.2 Å². The molecule has 0 saturated carbocycles. The number of nitrogen functional groups attached to an aromatic ring is 1. The molecule has 0 fully saturated rings. The van der Waals surface area contributed by atoms with Crippen LogP contribution < -0.4 is 10.5 Å². The summed E-state index contributed by atoms with van der Waals surface area (Å²) in [4.78, 5) is 10.6. The van der Waals surface area contributed by atoms with E-state index in [0.717, 1.165) is 12.1 Å². The molecule has 4 N–H and O–H groups in total. The first-order chi connectivity index (χ1) is 8.24. The van der Waals surface area contributed by atoms with Crippen LogP contribution in [0.2, 0.25) is 0 Å². The monoisotopic (exact) mass is 290 g/mol. The second-order valence-corrected chi connectivity index (χ2v) is 5.67. The number of rotatable bonds is 5. The van der Waals surface area contributed by atoms with Gasteiger partial charge in [-0.1, -0.05) is 18.2 Å². The van der Waals surface area contributed by atoms with Crippen LogP contribution >= 0.6 is 11.6 Å². The van der Waals surface area contributed by atoms with E-state index < -0.39 is 21.6 Å². The number of halogens is 1. The number of benzene rings is 1. The lowest BCUT2D eigenvalue weighted by Gasteiger charge is -2.09. The minimum absolute atomic E-state index is 0.0888. The van der Waals surface area contributed by atoms with E-state index in [2.05, 4.69) is 11.3 Å². The molecule has 1 aromatic rings. The fraction of sp³-hybridized carbons (Fsp3) is 0.100. The van der Waals surface area contributed by atoms with Gasteiger partial charge in [-0.15, -0.1) is 0 Å². The van der Waals surface area contributed by atoms with E-state index >= 15 is 0 Å². The maximum absolute atomic E-state index is 11.9. The molecule has 0 amide bonds. The van der Waals surface area contributed by atoms with Crippen LogP contribution in [-0.4, -0.2) is 26.0 Å². The minimum Gasteiger partial charge on any atom is -0.478 e. The highest BCUT2D eigenvalue weighted by molar-refractivity contribution is 7.89. The lowest BCUT2D eigenvalue weighted by atomic mass is 10.2. The molecule has 18 heavy (non-hydrogen) atoms. The standard InChI is InChI=1S/C10H11ClN2O4S/c1-6(11)5-13-18(16,17)9-3-2-7(12)4-8(9)10(14)15/h2-4,13H,1,5,12H2,(H,14,15). The second-order valence-electron chi connectivity index (χ2n) is 3.40. The Kier molecular flexibility index (Phi) is 4.33. The number of carboxylic acid groups (broad SMARTS) is 1. The summed E-state index contributed by atoms with van der Waals surface area (Å²) in [6.45, 7) is 3.14. The van der Waals surface area contributed by atoms with Crippen LogP contribution in [0.4, 0.5) is 5.69 Å². The van der Waals surface area contributed by atoms with Crippen molar-refractivity contribution < 1.29 is 18.3 Å². The highest BCUT2D eigenvalue weighted by Crippen LogP contribution is 2.19. The minimum atomic E-state index is -3.98. The number of hydrogen-bond acceptors (Lipinski definition) is 4. The zero-order chi connectivity index (χ0) is 13.9. The van der Waals surface area contributed by atoms with Crippen molar-refractivity contribution in [2.75, 3.05) is 12.3 Å². The summed E-state index contributed by atoms with van der Waals surface area (Å²) in [7, 11) is -3.98. The molecular formula is C10H11ClN2O4S. The molecule has 0 aliphatic carbocycles. The van der Waals surface area contributed by atoms with Gasteiger partial charge in [-0.3, -0.25) is 0 Å². The third-order valence-electron chi connectivity index (χ3n) is 1.98. The Labute approximate surface area is 109 Å². The first-order valence-electron chi connectivity index (χ1n) is 4.70. The van der Waals surface area contributed by atoms with Gasteiger partial charge in [0.2, 0.25) is 10.0 Å². The van der Waals surface area contributed by atoms with Gasteiger partial charge in [0.1, 0.15) is 0 Å². The van der Waals surface area contributed by atoms with E-state index in [1.807, 2.05) is 0 Å². The normalized spacial score (nSPS) is 11.2. The Morgan fingerprint density at radius 1 is 1.50 bits per heavy atom. The van der Waals surface area contributed by atoms with Gasteiger partial charge >= 0.3 is 5.97 Å². The predicted octanol–water partition coefficient (Wildman–Crippen LogP) is 0.998. The van der Waals surface area contributed by atoms with Gasteiger partial charge in [0, 0.05) is 17.3 Å². The highest BCUT2D eigenvalue weighted by Gasteiger charge is 2.22. The first-order valence-corrected chi connectivity index (χ1v) is 6.56. The number of aromatic carboxylic acids is 1. The van der Waals surface area contributed by atoms with Crippen molar-refractivity contribution in [1.29, 1.82) is 0 Å². The van der Waals surface area contributed by atoms with Crippen LogP contribution in [0.3, 0.4) is 0 Å². The summed E-state index contributed by atoms with van der Waals surface area (Å²) in [5, 5.41) is 9.03. The third kappa shape index (κ3) is 3.46. The zero-order valence-corrected chi connectivity index (χ0v) is 10.8. The van der Waals surface area contributed by atoms with Crippen molar-refractivity contribution in [1.82, 2.24) is 4.72 Å². The topological polar surface area (TPSA) is 109 Å². The summed E-state index contributed by atoms with van der Waals surface area (Å²) < 4.78 is 25.8. The summed E-state index contributed by atoms with van der Waals surface area (Å²) in [5.41, 5.74) is 5.18. The fourth-order valence-electron chi connectivity index (χ4n) is 1.20. The van der Waals surface area contributed by atoms with Crippen molar-refractivity contribution in [2.24, 2.45) is 0 Å². The molecule has 0 saturated heterocycles. The lowest BCUT2D eigenvalue weighted by molar-refractivity contribution is 0.0692. The Balaban J connectivity index is 3.24. The molecule has 0 heterocycles.